The second kappa shape index (κ2) is 4.45. The summed E-state index contributed by atoms with van der Waals surface area (Å²) in [5.74, 6) is 0.659. The summed E-state index contributed by atoms with van der Waals surface area (Å²) < 4.78 is 5.64. The smallest absolute Gasteiger partial charge is 0.169 e. The maximum atomic E-state index is 9.01. The van der Waals surface area contributed by atoms with Crippen molar-refractivity contribution < 1.29 is 4.74 Å². The lowest BCUT2D eigenvalue weighted by molar-refractivity contribution is -0.00551. The van der Waals surface area contributed by atoms with Crippen LogP contribution < -0.4 is 4.90 Å². The summed E-state index contributed by atoms with van der Waals surface area (Å²) in [6.45, 7) is 5.53. The maximum absolute atomic E-state index is 9.01. The van der Waals surface area contributed by atoms with E-state index in [4.69, 9.17) is 10.00 Å². The largest absolute Gasteiger partial charge is 0.372 e. The number of morpholine rings is 1. The molecule has 1 aliphatic rings. The van der Waals surface area contributed by atoms with Gasteiger partial charge < -0.3 is 9.64 Å². The second-order valence-electron chi connectivity index (χ2n) is 4.04. The molecule has 1 saturated heterocycles. The molecule has 2 unspecified atom stereocenters. The lowest BCUT2D eigenvalue weighted by atomic mass is 10.2. The SMILES string of the molecule is CC1CN(c2nnccc2C#N)CC(C)O1. The Hall–Kier alpha value is -1.67. The van der Waals surface area contributed by atoms with E-state index in [1.165, 1.54) is 6.20 Å². The third-order valence-corrected chi connectivity index (χ3v) is 2.54. The molecule has 1 fully saturated rings. The first kappa shape index (κ1) is 10.8. The van der Waals surface area contributed by atoms with Crippen molar-refractivity contribution in [2.75, 3.05) is 18.0 Å². The van der Waals surface area contributed by atoms with Gasteiger partial charge in [-0.2, -0.15) is 10.4 Å². The van der Waals surface area contributed by atoms with Crippen LogP contribution in [0.2, 0.25) is 0 Å². The van der Waals surface area contributed by atoms with Crippen molar-refractivity contribution in [1.82, 2.24) is 10.2 Å². The number of aromatic nitrogens is 2. The molecule has 0 saturated carbocycles. The van der Waals surface area contributed by atoms with E-state index in [1.54, 1.807) is 6.07 Å². The quantitative estimate of drug-likeness (QED) is 0.702. The number of hydrogen-bond acceptors (Lipinski definition) is 5. The summed E-state index contributed by atoms with van der Waals surface area (Å²) in [6.07, 6.45) is 1.84. The summed E-state index contributed by atoms with van der Waals surface area (Å²) in [7, 11) is 0. The first-order valence-electron chi connectivity index (χ1n) is 5.33. The molecule has 0 radical (unpaired) electrons. The van der Waals surface area contributed by atoms with Crippen LogP contribution in [0, 0.1) is 11.3 Å². The van der Waals surface area contributed by atoms with Crippen molar-refractivity contribution in [2.45, 2.75) is 26.1 Å². The normalized spacial score (nSPS) is 25.2. The molecule has 84 valence electrons. The Morgan fingerprint density at radius 3 is 2.75 bits per heavy atom. The monoisotopic (exact) mass is 218 g/mol. The van der Waals surface area contributed by atoms with Gasteiger partial charge in [0.05, 0.1) is 24.0 Å². The first-order valence-corrected chi connectivity index (χ1v) is 5.33. The van der Waals surface area contributed by atoms with Crippen molar-refractivity contribution in [1.29, 1.82) is 5.26 Å². The lowest BCUT2D eigenvalue weighted by Crippen LogP contribution is -2.46. The van der Waals surface area contributed by atoms with E-state index in [0.29, 0.717) is 11.4 Å². The fourth-order valence-electron chi connectivity index (χ4n) is 2.00. The number of hydrogen-bond donors (Lipinski definition) is 0. The molecule has 0 spiro atoms. The number of nitriles is 1. The van der Waals surface area contributed by atoms with Gasteiger partial charge in [0.25, 0.3) is 0 Å². The zero-order valence-electron chi connectivity index (χ0n) is 9.42. The van der Waals surface area contributed by atoms with E-state index in [9.17, 15) is 0 Å². The van der Waals surface area contributed by atoms with Gasteiger partial charge in [0.15, 0.2) is 5.82 Å². The Labute approximate surface area is 94.7 Å². The van der Waals surface area contributed by atoms with E-state index < -0.39 is 0 Å². The Bertz CT molecular complexity index is 405. The molecule has 2 rings (SSSR count). The van der Waals surface area contributed by atoms with Gasteiger partial charge in [0.2, 0.25) is 0 Å². The maximum Gasteiger partial charge on any atom is 0.169 e. The second-order valence-corrected chi connectivity index (χ2v) is 4.04. The average molecular weight is 218 g/mol. The third kappa shape index (κ3) is 2.12. The van der Waals surface area contributed by atoms with Crippen molar-refractivity contribution in [2.24, 2.45) is 0 Å². The molecule has 16 heavy (non-hydrogen) atoms. The summed E-state index contributed by atoms with van der Waals surface area (Å²) in [5, 5.41) is 16.9. The molecule has 0 bridgehead atoms. The molecule has 1 aliphatic heterocycles. The Balaban J connectivity index is 2.26. The molecule has 2 heterocycles. The van der Waals surface area contributed by atoms with Gasteiger partial charge >= 0.3 is 0 Å². The van der Waals surface area contributed by atoms with E-state index >= 15 is 0 Å². The topological polar surface area (TPSA) is 62.0 Å². The van der Waals surface area contributed by atoms with Crippen LogP contribution in [0.4, 0.5) is 5.82 Å². The van der Waals surface area contributed by atoms with Crippen LogP contribution in [0.1, 0.15) is 19.4 Å². The zero-order valence-corrected chi connectivity index (χ0v) is 9.42. The summed E-state index contributed by atoms with van der Waals surface area (Å²) in [4.78, 5) is 2.06. The number of anilines is 1. The van der Waals surface area contributed by atoms with Crippen LogP contribution >= 0.6 is 0 Å². The number of ether oxygens (including phenoxy) is 1. The molecule has 0 aliphatic carbocycles. The molecule has 5 heteroatoms. The number of rotatable bonds is 1. The van der Waals surface area contributed by atoms with Gasteiger partial charge in [-0.3, -0.25) is 0 Å². The highest BCUT2D eigenvalue weighted by molar-refractivity contribution is 5.52. The van der Waals surface area contributed by atoms with Gasteiger partial charge in [-0.05, 0) is 19.9 Å². The Morgan fingerprint density at radius 2 is 2.12 bits per heavy atom. The molecule has 0 amide bonds. The minimum absolute atomic E-state index is 0.150. The molecule has 1 aromatic rings. The average Bonchev–Trinajstić information content (AvgIpc) is 2.27. The summed E-state index contributed by atoms with van der Waals surface area (Å²) in [6, 6.07) is 3.83. The molecule has 5 nitrogen and oxygen atoms in total. The van der Waals surface area contributed by atoms with Gasteiger partial charge in [0.1, 0.15) is 6.07 Å². The fourth-order valence-corrected chi connectivity index (χ4v) is 2.00. The van der Waals surface area contributed by atoms with Gasteiger partial charge in [0, 0.05) is 13.1 Å². The molecule has 1 aromatic heterocycles. The molecule has 0 aromatic carbocycles. The standard InChI is InChI=1S/C11H14N4O/c1-8-6-15(7-9(2)16-8)11-10(5-12)3-4-13-14-11/h3-4,8-9H,6-7H2,1-2H3. The molecule has 0 N–H and O–H groups in total. The Kier molecular flexibility index (Phi) is 3.02. The Morgan fingerprint density at radius 1 is 1.44 bits per heavy atom. The van der Waals surface area contributed by atoms with E-state index in [0.717, 1.165) is 13.1 Å². The van der Waals surface area contributed by atoms with E-state index in [-0.39, 0.29) is 12.2 Å². The highest BCUT2D eigenvalue weighted by Gasteiger charge is 2.24. The highest BCUT2D eigenvalue weighted by Crippen LogP contribution is 2.20. The van der Waals surface area contributed by atoms with Gasteiger partial charge in [-0.25, -0.2) is 0 Å². The predicted molar refractivity (Wildman–Crippen MR) is 59.0 cm³/mol. The van der Waals surface area contributed by atoms with Gasteiger partial charge in [-0.1, -0.05) is 0 Å². The zero-order chi connectivity index (χ0) is 11.5. The van der Waals surface area contributed by atoms with Crippen LogP contribution in [0.25, 0.3) is 0 Å². The third-order valence-electron chi connectivity index (χ3n) is 2.54. The van der Waals surface area contributed by atoms with Crippen molar-refractivity contribution in [3.63, 3.8) is 0 Å². The molecule has 2 atom stereocenters. The van der Waals surface area contributed by atoms with Crippen molar-refractivity contribution in [3.05, 3.63) is 17.8 Å². The summed E-state index contributed by atoms with van der Waals surface area (Å²) in [5.41, 5.74) is 0.566. The van der Waals surface area contributed by atoms with Crippen molar-refractivity contribution in [3.8, 4) is 6.07 Å². The van der Waals surface area contributed by atoms with Crippen LogP contribution in [0.15, 0.2) is 12.3 Å². The minimum atomic E-state index is 0.150. The van der Waals surface area contributed by atoms with Crippen LogP contribution in [-0.4, -0.2) is 35.5 Å². The number of nitrogens with zero attached hydrogens (tertiary/aromatic N) is 4. The molecular formula is C11H14N4O. The minimum Gasteiger partial charge on any atom is -0.372 e. The van der Waals surface area contributed by atoms with E-state index in [2.05, 4.69) is 21.2 Å². The highest BCUT2D eigenvalue weighted by atomic mass is 16.5. The predicted octanol–water partition coefficient (Wildman–Crippen LogP) is 0.962. The van der Waals surface area contributed by atoms with Crippen molar-refractivity contribution >= 4 is 5.82 Å². The van der Waals surface area contributed by atoms with Gasteiger partial charge in [-0.15, -0.1) is 5.10 Å². The first-order chi connectivity index (χ1) is 7.70. The van der Waals surface area contributed by atoms with Crippen LogP contribution in [0.5, 0.6) is 0 Å². The summed E-state index contributed by atoms with van der Waals surface area (Å²) >= 11 is 0. The fraction of sp³-hybridized carbons (Fsp3) is 0.545. The van der Waals surface area contributed by atoms with E-state index in [1.807, 2.05) is 13.8 Å². The van der Waals surface area contributed by atoms with Crippen LogP contribution in [0.3, 0.4) is 0 Å². The molecular weight excluding hydrogens is 204 g/mol. The lowest BCUT2D eigenvalue weighted by Gasteiger charge is -2.35. The van der Waals surface area contributed by atoms with Crippen LogP contribution in [-0.2, 0) is 4.74 Å².